The zero-order valence-electron chi connectivity index (χ0n) is 10.7. The average molecular weight is 278 g/mol. The Balaban J connectivity index is 1.68. The van der Waals surface area contributed by atoms with Gasteiger partial charge in [-0.1, -0.05) is 11.6 Å². The lowest BCUT2D eigenvalue weighted by Gasteiger charge is -2.04. The molecule has 0 radical (unpaired) electrons. The van der Waals surface area contributed by atoms with E-state index >= 15 is 0 Å². The summed E-state index contributed by atoms with van der Waals surface area (Å²) in [5.74, 6) is 0. The lowest BCUT2D eigenvalue weighted by molar-refractivity contribution is 0.240. The number of carbonyl (C=O) groups is 1. The zero-order chi connectivity index (χ0) is 13.4. The van der Waals surface area contributed by atoms with E-state index in [0.717, 1.165) is 40.0 Å². The van der Waals surface area contributed by atoms with E-state index in [2.05, 4.69) is 15.6 Å². The number of urea groups is 1. The summed E-state index contributed by atoms with van der Waals surface area (Å²) in [5.41, 5.74) is 3.06. The molecule has 3 N–H and O–H groups in total. The third kappa shape index (κ3) is 2.84. The smallest absolute Gasteiger partial charge is 0.315 e. The molecule has 5 heteroatoms. The number of aromatic amines is 1. The molecule has 1 aliphatic rings. The Morgan fingerprint density at radius 1 is 1.42 bits per heavy atom. The maximum absolute atomic E-state index is 11.5. The monoisotopic (exact) mass is 277 g/mol. The molecular formula is C14H16ClN3O. The molecular weight excluding hydrogens is 262 g/mol. The second kappa shape index (κ2) is 4.78. The molecule has 0 saturated heterocycles. The van der Waals surface area contributed by atoms with Gasteiger partial charge in [-0.15, -0.1) is 0 Å². The molecule has 1 fully saturated rings. The maximum Gasteiger partial charge on any atom is 0.315 e. The van der Waals surface area contributed by atoms with Crippen LogP contribution in [0.2, 0.25) is 5.02 Å². The van der Waals surface area contributed by atoms with Crippen LogP contribution < -0.4 is 10.6 Å². The van der Waals surface area contributed by atoms with Crippen molar-refractivity contribution < 1.29 is 4.79 Å². The third-order valence-corrected chi connectivity index (χ3v) is 3.71. The summed E-state index contributed by atoms with van der Waals surface area (Å²) in [4.78, 5) is 14.8. The van der Waals surface area contributed by atoms with Gasteiger partial charge in [0.1, 0.15) is 0 Å². The van der Waals surface area contributed by atoms with Crippen LogP contribution in [0.15, 0.2) is 18.2 Å². The van der Waals surface area contributed by atoms with Crippen molar-refractivity contribution in [2.24, 2.45) is 0 Å². The topological polar surface area (TPSA) is 56.9 Å². The fraction of sp³-hybridized carbons (Fsp3) is 0.357. The van der Waals surface area contributed by atoms with E-state index in [-0.39, 0.29) is 6.03 Å². The highest BCUT2D eigenvalue weighted by Crippen LogP contribution is 2.24. The van der Waals surface area contributed by atoms with Crippen molar-refractivity contribution in [3.05, 3.63) is 34.5 Å². The Morgan fingerprint density at radius 2 is 2.21 bits per heavy atom. The molecule has 1 saturated carbocycles. The van der Waals surface area contributed by atoms with Crippen LogP contribution in [0.1, 0.15) is 24.1 Å². The normalized spacial score (nSPS) is 14.6. The molecule has 0 spiro atoms. The molecule has 2 aromatic rings. The number of benzene rings is 1. The van der Waals surface area contributed by atoms with Gasteiger partial charge in [-0.2, -0.15) is 0 Å². The predicted molar refractivity (Wildman–Crippen MR) is 76.4 cm³/mol. The van der Waals surface area contributed by atoms with Crippen molar-refractivity contribution in [3.63, 3.8) is 0 Å². The van der Waals surface area contributed by atoms with E-state index in [1.165, 1.54) is 0 Å². The van der Waals surface area contributed by atoms with Crippen LogP contribution >= 0.6 is 11.6 Å². The summed E-state index contributed by atoms with van der Waals surface area (Å²) in [5, 5.41) is 7.56. The highest BCUT2D eigenvalue weighted by atomic mass is 35.5. The number of amides is 2. The van der Waals surface area contributed by atoms with Crippen LogP contribution in [0.5, 0.6) is 0 Å². The number of fused-ring (bicyclic) bond motifs is 1. The van der Waals surface area contributed by atoms with Gasteiger partial charge in [0, 0.05) is 27.7 Å². The quantitative estimate of drug-likeness (QED) is 0.793. The predicted octanol–water partition coefficient (Wildman–Crippen LogP) is 3.09. The van der Waals surface area contributed by atoms with Crippen LogP contribution in [-0.4, -0.2) is 17.1 Å². The van der Waals surface area contributed by atoms with Gasteiger partial charge in [0.05, 0.1) is 6.54 Å². The Bertz CT molecular complexity index is 592. The number of nitrogens with one attached hydrogen (secondary N) is 3. The molecule has 1 aromatic carbocycles. The van der Waals surface area contributed by atoms with Crippen LogP contribution in [-0.2, 0) is 6.54 Å². The van der Waals surface area contributed by atoms with E-state index in [0.29, 0.717) is 12.6 Å². The highest BCUT2D eigenvalue weighted by Gasteiger charge is 2.22. The lowest BCUT2D eigenvalue weighted by Crippen LogP contribution is -2.36. The SMILES string of the molecule is Cc1cc2[nH]c(CNC(=O)NC3CC3)cc2cc1Cl. The molecule has 0 atom stereocenters. The molecule has 0 bridgehead atoms. The summed E-state index contributed by atoms with van der Waals surface area (Å²) in [6, 6.07) is 6.25. The molecule has 3 rings (SSSR count). The Kier molecular flexibility index (Phi) is 3.11. The van der Waals surface area contributed by atoms with E-state index < -0.39 is 0 Å². The summed E-state index contributed by atoms with van der Waals surface area (Å²) in [6.45, 7) is 2.47. The van der Waals surface area contributed by atoms with Gasteiger partial charge in [-0.05, 0) is 43.5 Å². The largest absolute Gasteiger partial charge is 0.357 e. The molecule has 0 aliphatic heterocycles. The van der Waals surface area contributed by atoms with Gasteiger partial charge in [-0.3, -0.25) is 0 Å². The fourth-order valence-electron chi connectivity index (χ4n) is 2.06. The van der Waals surface area contributed by atoms with Gasteiger partial charge in [0.15, 0.2) is 0 Å². The third-order valence-electron chi connectivity index (χ3n) is 3.31. The minimum absolute atomic E-state index is 0.102. The molecule has 2 amide bonds. The number of rotatable bonds is 3. The van der Waals surface area contributed by atoms with Gasteiger partial charge < -0.3 is 15.6 Å². The highest BCUT2D eigenvalue weighted by molar-refractivity contribution is 6.32. The summed E-state index contributed by atoms with van der Waals surface area (Å²) in [6.07, 6.45) is 2.19. The first-order chi connectivity index (χ1) is 9.11. The summed E-state index contributed by atoms with van der Waals surface area (Å²) < 4.78 is 0. The van der Waals surface area contributed by atoms with Crippen LogP contribution in [0, 0.1) is 6.92 Å². The number of aryl methyl sites for hydroxylation is 1. The fourth-order valence-corrected chi connectivity index (χ4v) is 2.23. The Labute approximate surface area is 116 Å². The molecule has 19 heavy (non-hydrogen) atoms. The van der Waals surface area contributed by atoms with Crippen LogP contribution in [0.25, 0.3) is 10.9 Å². The van der Waals surface area contributed by atoms with E-state index in [1.807, 2.05) is 25.1 Å². The Hall–Kier alpha value is -1.68. The maximum atomic E-state index is 11.5. The van der Waals surface area contributed by atoms with Crippen molar-refractivity contribution in [2.45, 2.75) is 32.4 Å². The van der Waals surface area contributed by atoms with Gasteiger partial charge in [0.25, 0.3) is 0 Å². The zero-order valence-corrected chi connectivity index (χ0v) is 11.5. The second-order valence-electron chi connectivity index (χ2n) is 5.08. The number of aromatic nitrogens is 1. The van der Waals surface area contributed by atoms with Crippen molar-refractivity contribution in [1.29, 1.82) is 0 Å². The first-order valence-corrected chi connectivity index (χ1v) is 6.82. The molecule has 100 valence electrons. The number of H-pyrrole nitrogens is 1. The number of halogens is 1. The van der Waals surface area contributed by atoms with Crippen molar-refractivity contribution >= 4 is 28.5 Å². The Morgan fingerprint density at radius 3 is 2.95 bits per heavy atom. The average Bonchev–Trinajstić information content (AvgIpc) is 3.08. The van der Waals surface area contributed by atoms with Crippen molar-refractivity contribution in [1.82, 2.24) is 15.6 Å². The van der Waals surface area contributed by atoms with Crippen molar-refractivity contribution in [3.8, 4) is 0 Å². The minimum Gasteiger partial charge on any atom is -0.357 e. The first-order valence-electron chi connectivity index (χ1n) is 6.44. The van der Waals surface area contributed by atoms with Gasteiger partial charge >= 0.3 is 6.03 Å². The van der Waals surface area contributed by atoms with E-state index in [1.54, 1.807) is 0 Å². The number of hydrogen-bond donors (Lipinski definition) is 3. The van der Waals surface area contributed by atoms with E-state index in [9.17, 15) is 4.79 Å². The van der Waals surface area contributed by atoms with Gasteiger partial charge in [0.2, 0.25) is 0 Å². The molecule has 1 aliphatic carbocycles. The molecule has 1 heterocycles. The molecule has 1 aromatic heterocycles. The minimum atomic E-state index is -0.102. The van der Waals surface area contributed by atoms with E-state index in [4.69, 9.17) is 11.6 Å². The number of hydrogen-bond acceptors (Lipinski definition) is 1. The van der Waals surface area contributed by atoms with Crippen LogP contribution in [0.3, 0.4) is 0 Å². The van der Waals surface area contributed by atoms with Crippen molar-refractivity contribution in [2.75, 3.05) is 0 Å². The molecule has 4 nitrogen and oxygen atoms in total. The standard InChI is InChI=1S/C14H16ClN3O/c1-8-4-13-9(6-12(8)15)5-11(17-13)7-16-14(19)18-10-2-3-10/h4-6,10,17H,2-3,7H2,1H3,(H2,16,18,19). The van der Waals surface area contributed by atoms with Crippen LogP contribution in [0.4, 0.5) is 4.79 Å². The lowest BCUT2D eigenvalue weighted by atomic mass is 10.2. The molecule has 0 unspecified atom stereocenters. The second-order valence-corrected chi connectivity index (χ2v) is 5.49. The summed E-state index contributed by atoms with van der Waals surface area (Å²) in [7, 11) is 0. The first kappa shape index (κ1) is 12.4. The number of carbonyl (C=O) groups excluding carboxylic acids is 1. The van der Waals surface area contributed by atoms with Gasteiger partial charge in [-0.25, -0.2) is 4.79 Å². The summed E-state index contributed by atoms with van der Waals surface area (Å²) >= 11 is 6.10.